The molecule has 0 saturated heterocycles. The number of imidazole rings is 1. The van der Waals surface area contributed by atoms with Crippen molar-refractivity contribution in [2.45, 2.75) is 6.61 Å². The number of aromatic nitrogens is 2. The van der Waals surface area contributed by atoms with Crippen molar-refractivity contribution in [2.75, 3.05) is 0 Å². The quantitative estimate of drug-likeness (QED) is 0.656. The summed E-state index contributed by atoms with van der Waals surface area (Å²) in [6.07, 6.45) is 4.40. The number of hydrogen-bond donors (Lipinski definition) is 0. The van der Waals surface area contributed by atoms with E-state index in [1.807, 2.05) is 22.9 Å². The average molecular weight is 200 g/mol. The predicted molar refractivity (Wildman–Crippen MR) is 53.3 cm³/mol. The van der Waals surface area contributed by atoms with E-state index in [2.05, 4.69) is 4.98 Å². The second-order valence-corrected chi connectivity index (χ2v) is 3.32. The smallest absolute Gasteiger partial charge is 0.154 e. The number of nitrogens with zero attached hydrogens (tertiary/aromatic N) is 2. The molecule has 4 nitrogen and oxygen atoms in total. The highest BCUT2D eigenvalue weighted by Crippen LogP contribution is 2.31. The molecule has 1 aliphatic rings. The molecule has 0 spiro atoms. The first kappa shape index (κ1) is 8.23. The van der Waals surface area contributed by atoms with Crippen molar-refractivity contribution in [3.63, 3.8) is 0 Å². The van der Waals surface area contributed by atoms with E-state index in [0.717, 1.165) is 17.8 Å². The Balaban J connectivity index is 2.30. The number of hydrogen-bond acceptors (Lipinski definition) is 3. The number of aldehydes is 1. The summed E-state index contributed by atoms with van der Waals surface area (Å²) < 4.78 is 7.45. The number of carbonyl (C=O) groups excluding carboxylic acids is 1. The molecule has 0 fully saturated rings. The second kappa shape index (κ2) is 2.95. The molecular weight excluding hydrogens is 192 g/mol. The zero-order valence-electron chi connectivity index (χ0n) is 7.88. The van der Waals surface area contributed by atoms with E-state index in [0.29, 0.717) is 17.9 Å². The molecule has 2 aromatic rings. The van der Waals surface area contributed by atoms with Gasteiger partial charge < -0.3 is 4.74 Å². The molecule has 0 bridgehead atoms. The minimum atomic E-state index is 0.408. The summed E-state index contributed by atoms with van der Waals surface area (Å²) >= 11 is 0. The molecule has 0 aliphatic carbocycles. The van der Waals surface area contributed by atoms with Crippen molar-refractivity contribution in [1.29, 1.82) is 0 Å². The Kier molecular flexibility index (Phi) is 1.62. The molecule has 15 heavy (non-hydrogen) atoms. The molecule has 0 saturated carbocycles. The molecule has 0 atom stereocenters. The zero-order valence-corrected chi connectivity index (χ0v) is 7.88. The maximum Gasteiger partial charge on any atom is 0.154 e. The molecule has 3 rings (SSSR count). The zero-order chi connectivity index (χ0) is 10.3. The summed E-state index contributed by atoms with van der Waals surface area (Å²) in [7, 11) is 0. The van der Waals surface area contributed by atoms with Crippen LogP contribution in [0.5, 0.6) is 5.75 Å². The van der Waals surface area contributed by atoms with Gasteiger partial charge in [-0.1, -0.05) is 6.07 Å². The van der Waals surface area contributed by atoms with Gasteiger partial charge in [-0.15, -0.1) is 0 Å². The van der Waals surface area contributed by atoms with Crippen molar-refractivity contribution in [3.05, 3.63) is 42.0 Å². The normalized spacial score (nSPS) is 12.5. The van der Waals surface area contributed by atoms with Crippen LogP contribution in [-0.4, -0.2) is 15.8 Å². The first-order valence-corrected chi connectivity index (χ1v) is 4.64. The molecule has 0 N–H and O–H groups in total. The summed E-state index contributed by atoms with van der Waals surface area (Å²) in [4.78, 5) is 15.0. The molecule has 1 aromatic carbocycles. The molecule has 74 valence electrons. The number of carbonyl (C=O) groups is 1. The van der Waals surface area contributed by atoms with Gasteiger partial charge >= 0.3 is 0 Å². The van der Waals surface area contributed by atoms with Crippen LogP contribution in [0.2, 0.25) is 0 Å². The lowest BCUT2D eigenvalue weighted by Gasteiger charge is -2.20. The van der Waals surface area contributed by atoms with Crippen LogP contribution in [0.3, 0.4) is 0 Å². The Morgan fingerprint density at radius 1 is 1.47 bits per heavy atom. The molecule has 1 aliphatic heterocycles. The van der Waals surface area contributed by atoms with Gasteiger partial charge in [0, 0.05) is 12.4 Å². The van der Waals surface area contributed by atoms with Crippen LogP contribution in [0.4, 0.5) is 0 Å². The molecule has 4 heteroatoms. The van der Waals surface area contributed by atoms with Gasteiger partial charge in [0.1, 0.15) is 6.61 Å². The van der Waals surface area contributed by atoms with E-state index < -0.39 is 0 Å². The summed E-state index contributed by atoms with van der Waals surface area (Å²) in [5.74, 6) is 1.49. The lowest BCUT2D eigenvalue weighted by Crippen LogP contribution is -2.13. The van der Waals surface area contributed by atoms with E-state index >= 15 is 0 Å². The van der Waals surface area contributed by atoms with Crippen LogP contribution in [-0.2, 0) is 6.61 Å². The van der Waals surface area contributed by atoms with Crippen LogP contribution in [0.1, 0.15) is 16.2 Å². The van der Waals surface area contributed by atoms with Gasteiger partial charge in [-0.3, -0.25) is 9.36 Å². The highest BCUT2D eigenvalue weighted by Gasteiger charge is 2.19. The van der Waals surface area contributed by atoms with Gasteiger partial charge in [0.05, 0.1) is 11.3 Å². The molecule has 2 heterocycles. The lowest BCUT2D eigenvalue weighted by molar-refractivity contribution is 0.111. The van der Waals surface area contributed by atoms with Gasteiger partial charge in [0.25, 0.3) is 0 Å². The van der Waals surface area contributed by atoms with Gasteiger partial charge in [0.15, 0.2) is 17.9 Å². The standard InChI is InChI=1S/C11H8N2O2/c14-6-8-2-1-3-9-11(8)15-7-10-12-4-5-13(9)10/h1-6H,7H2. The Hall–Kier alpha value is -2.10. The highest BCUT2D eigenvalue weighted by molar-refractivity contribution is 5.82. The first-order valence-electron chi connectivity index (χ1n) is 4.64. The third kappa shape index (κ3) is 1.08. The van der Waals surface area contributed by atoms with E-state index in [4.69, 9.17) is 4.74 Å². The van der Waals surface area contributed by atoms with Gasteiger partial charge in [-0.2, -0.15) is 0 Å². The summed E-state index contributed by atoms with van der Waals surface area (Å²) in [6.45, 7) is 0.408. The summed E-state index contributed by atoms with van der Waals surface area (Å²) in [6, 6.07) is 5.49. The van der Waals surface area contributed by atoms with Crippen molar-refractivity contribution < 1.29 is 9.53 Å². The van der Waals surface area contributed by atoms with Crippen LogP contribution in [0.15, 0.2) is 30.6 Å². The van der Waals surface area contributed by atoms with Crippen molar-refractivity contribution in [2.24, 2.45) is 0 Å². The first-order chi connectivity index (χ1) is 7.40. The number of benzene rings is 1. The van der Waals surface area contributed by atoms with Crippen molar-refractivity contribution >= 4 is 6.29 Å². The maximum atomic E-state index is 10.8. The second-order valence-electron chi connectivity index (χ2n) is 3.32. The molecule has 1 aromatic heterocycles. The molecule has 0 radical (unpaired) electrons. The number of rotatable bonds is 1. The fraction of sp³-hybridized carbons (Fsp3) is 0.0909. The minimum absolute atomic E-state index is 0.408. The summed E-state index contributed by atoms with van der Waals surface area (Å²) in [5.41, 5.74) is 1.45. The van der Waals surface area contributed by atoms with Crippen LogP contribution in [0, 0.1) is 0 Å². The lowest BCUT2D eigenvalue weighted by atomic mass is 10.1. The monoisotopic (exact) mass is 200 g/mol. The fourth-order valence-electron chi connectivity index (χ4n) is 1.78. The minimum Gasteiger partial charge on any atom is -0.483 e. The molecule has 0 amide bonds. The predicted octanol–water partition coefficient (Wildman–Crippen LogP) is 1.58. The van der Waals surface area contributed by atoms with Crippen LogP contribution in [0.25, 0.3) is 5.69 Å². The van der Waals surface area contributed by atoms with Crippen molar-refractivity contribution in [1.82, 2.24) is 9.55 Å². The van der Waals surface area contributed by atoms with E-state index in [9.17, 15) is 4.79 Å². The third-order valence-electron chi connectivity index (χ3n) is 2.47. The number of fused-ring (bicyclic) bond motifs is 3. The van der Waals surface area contributed by atoms with Crippen molar-refractivity contribution in [3.8, 4) is 11.4 Å². The molecule has 0 unspecified atom stereocenters. The van der Waals surface area contributed by atoms with Crippen LogP contribution < -0.4 is 4.74 Å². The number of para-hydroxylation sites is 1. The van der Waals surface area contributed by atoms with Gasteiger partial charge in [-0.05, 0) is 12.1 Å². The highest BCUT2D eigenvalue weighted by atomic mass is 16.5. The Morgan fingerprint density at radius 2 is 2.40 bits per heavy atom. The average Bonchev–Trinajstić information content (AvgIpc) is 2.76. The van der Waals surface area contributed by atoms with Gasteiger partial charge in [0.2, 0.25) is 0 Å². The largest absolute Gasteiger partial charge is 0.483 e. The third-order valence-corrected chi connectivity index (χ3v) is 2.47. The SMILES string of the molecule is O=Cc1cccc2c1OCc1nccn1-2. The number of ether oxygens (including phenoxy) is 1. The Morgan fingerprint density at radius 3 is 3.27 bits per heavy atom. The van der Waals surface area contributed by atoms with E-state index in [1.165, 1.54) is 0 Å². The van der Waals surface area contributed by atoms with Crippen LogP contribution >= 0.6 is 0 Å². The van der Waals surface area contributed by atoms with E-state index in [1.54, 1.807) is 12.3 Å². The Bertz CT molecular complexity index is 531. The van der Waals surface area contributed by atoms with Gasteiger partial charge in [-0.25, -0.2) is 4.98 Å². The topological polar surface area (TPSA) is 44.1 Å². The maximum absolute atomic E-state index is 10.8. The summed E-state index contributed by atoms with van der Waals surface area (Å²) in [5, 5.41) is 0. The molecular formula is C11H8N2O2. The van der Waals surface area contributed by atoms with E-state index in [-0.39, 0.29) is 0 Å². The Labute approximate surface area is 86.1 Å². The fourth-order valence-corrected chi connectivity index (χ4v) is 1.78.